The number of rotatable bonds is 3. The number of aromatic nitrogens is 4. The molecule has 5 rings (SSSR count). The van der Waals surface area contributed by atoms with Crippen LogP contribution in [0.2, 0.25) is 0 Å². The summed E-state index contributed by atoms with van der Waals surface area (Å²) < 4.78 is 1.75. The van der Waals surface area contributed by atoms with E-state index in [1.807, 2.05) is 24.5 Å². The molecule has 1 saturated heterocycles. The minimum Gasteiger partial charge on any atom is -0.356 e. The molecular formula is C18H18N6OS. The molecule has 0 radical (unpaired) electrons. The van der Waals surface area contributed by atoms with Crippen LogP contribution in [0.1, 0.15) is 29.4 Å². The zero-order valence-electron chi connectivity index (χ0n) is 14.4. The molecule has 26 heavy (non-hydrogen) atoms. The van der Waals surface area contributed by atoms with Crippen molar-refractivity contribution in [3.8, 4) is 5.69 Å². The highest BCUT2D eigenvalue weighted by Crippen LogP contribution is 2.30. The van der Waals surface area contributed by atoms with Gasteiger partial charge in [-0.25, -0.2) is 9.67 Å². The second-order valence-electron chi connectivity index (χ2n) is 6.89. The van der Waals surface area contributed by atoms with E-state index in [9.17, 15) is 4.79 Å². The number of carbonyl (C=O) groups excluding carboxylic acids is 1. The Hall–Kier alpha value is -2.74. The van der Waals surface area contributed by atoms with Crippen LogP contribution in [-0.4, -0.2) is 38.7 Å². The number of amides is 1. The average Bonchev–Trinajstić information content (AvgIpc) is 3.41. The molecule has 1 atom stereocenters. The maximum atomic E-state index is 12.6. The second-order valence-corrected chi connectivity index (χ2v) is 7.76. The number of fused-ring (bicyclic) bond motifs is 1. The predicted octanol–water partition coefficient (Wildman–Crippen LogP) is 2.73. The van der Waals surface area contributed by atoms with Gasteiger partial charge in [0.25, 0.3) is 5.91 Å². The van der Waals surface area contributed by atoms with Crippen LogP contribution in [-0.2, 0) is 6.54 Å². The molecule has 1 amide bonds. The van der Waals surface area contributed by atoms with E-state index in [1.54, 1.807) is 21.3 Å². The van der Waals surface area contributed by atoms with E-state index < -0.39 is 0 Å². The first-order valence-electron chi connectivity index (χ1n) is 8.69. The van der Waals surface area contributed by atoms with Crippen molar-refractivity contribution in [2.75, 3.05) is 22.9 Å². The minimum atomic E-state index is -0.0707. The van der Waals surface area contributed by atoms with Crippen molar-refractivity contribution in [3.05, 3.63) is 47.5 Å². The third kappa shape index (κ3) is 2.48. The van der Waals surface area contributed by atoms with Gasteiger partial charge in [0.05, 0.1) is 30.1 Å². The van der Waals surface area contributed by atoms with Crippen molar-refractivity contribution in [2.45, 2.75) is 19.9 Å². The Bertz CT molecular complexity index is 949. The molecule has 0 aromatic carbocycles. The molecule has 0 saturated carbocycles. The van der Waals surface area contributed by atoms with E-state index >= 15 is 0 Å². The summed E-state index contributed by atoms with van der Waals surface area (Å²) in [5, 5.41) is 5.35. The summed E-state index contributed by atoms with van der Waals surface area (Å²) in [7, 11) is 0. The summed E-state index contributed by atoms with van der Waals surface area (Å²) in [5.74, 6) is 1.65. The normalized spacial score (nSPS) is 19.4. The van der Waals surface area contributed by atoms with Gasteiger partial charge in [0, 0.05) is 24.8 Å². The first-order chi connectivity index (χ1) is 12.7. The average molecular weight is 366 g/mol. The Balaban J connectivity index is 1.37. The molecule has 1 fully saturated rings. The van der Waals surface area contributed by atoms with Gasteiger partial charge >= 0.3 is 0 Å². The Morgan fingerprint density at radius 1 is 1.27 bits per heavy atom. The predicted molar refractivity (Wildman–Crippen MR) is 100.0 cm³/mol. The van der Waals surface area contributed by atoms with Crippen molar-refractivity contribution >= 4 is 28.1 Å². The van der Waals surface area contributed by atoms with Crippen molar-refractivity contribution < 1.29 is 4.79 Å². The van der Waals surface area contributed by atoms with E-state index in [0.717, 1.165) is 41.1 Å². The molecule has 8 heteroatoms. The van der Waals surface area contributed by atoms with Crippen LogP contribution in [0.3, 0.4) is 0 Å². The lowest BCUT2D eigenvalue weighted by molar-refractivity contribution is 0.0992. The summed E-state index contributed by atoms with van der Waals surface area (Å²) >= 11 is 1.46. The summed E-state index contributed by atoms with van der Waals surface area (Å²) in [6.07, 6.45) is 6.67. The summed E-state index contributed by atoms with van der Waals surface area (Å²) in [6, 6.07) is 4.05. The van der Waals surface area contributed by atoms with Gasteiger partial charge in [0.2, 0.25) is 0 Å². The Morgan fingerprint density at radius 2 is 2.19 bits per heavy atom. The molecule has 2 aliphatic rings. The molecule has 7 nitrogen and oxygen atoms in total. The van der Waals surface area contributed by atoms with Crippen LogP contribution in [0.25, 0.3) is 5.69 Å². The number of hydrogen-bond donors (Lipinski definition) is 0. The zero-order chi connectivity index (χ0) is 17.7. The van der Waals surface area contributed by atoms with E-state index in [-0.39, 0.29) is 5.91 Å². The highest BCUT2D eigenvalue weighted by molar-refractivity contribution is 7.14. The van der Waals surface area contributed by atoms with Gasteiger partial charge in [-0.15, -0.1) is 11.3 Å². The first-order valence-corrected chi connectivity index (χ1v) is 9.57. The van der Waals surface area contributed by atoms with Crippen LogP contribution in [0, 0.1) is 5.92 Å². The Morgan fingerprint density at radius 3 is 2.85 bits per heavy atom. The highest BCUT2D eigenvalue weighted by Gasteiger charge is 2.33. The molecule has 132 valence electrons. The van der Waals surface area contributed by atoms with Crippen molar-refractivity contribution in [2.24, 2.45) is 5.92 Å². The molecule has 0 spiro atoms. The van der Waals surface area contributed by atoms with E-state index in [4.69, 9.17) is 0 Å². The quantitative estimate of drug-likeness (QED) is 0.713. The SMILES string of the molecule is C[C@H]1CCN(c2ccc(-n3cc4c(n3)C(=O)N(c3cncs3)C4)cn2)C1. The van der Waals surface area contributed by atoms with Gasteiger partial charge in [-0.2, -0.15) is 5.10 Å². The molecule has 5 heterocycles. The topological polar surface area (TPSA) is 67.2 Å². The van der Waals surface area contributed by atoms with Gasteiger partial charge in [0.1, 0.15) is 10.8 Å². The number of thiazole rings is 1. The molecular weight excluding hydrogens is 348 g/mol. The Kier molecular flexibility index (Phi) is 3.53. The molecule has 0 N–H and O–H groups in total. The molecule has 3 aromatic heterocycles. The smallest absolute Gasteiger partial charge is 0.280 e. The van der Waals surface area contributed by atoms with Crippen LogP contribution in [0.5, 0.6) is 0 Å². The third-order valence-electron chi connectivity index (χ3n) is 5.00. The minimum absolute atomic E-state index is 0.0707. The van der Waals surface area contributed by atoms with E-state index in [2.05, 4.69) is 26.9 Å². The largest absolute Gasteiger partial charge is 0.356 e. The molecule has 3 aromatic rings. The fourth-order valence-corrected chi connectivity index (χ4v) is 4.20. The highest BCUT2D eigenvalue weighted by atomic mass is 32.1. The fraction of sp³-hybridized carbons (Fsp3) is 0.333. The van der Waals surface area contributed by atoms with Crippen molar-refractivity contribution in [1.29, 1.82) is 0 Å². The standard InChI is InChI=1S/C18H18N6OS/c1-12-4-5-22(8-12)15-3-2-14(6-20-15)24-10-13-9-23(16-7-19-11-26-16)18(25)17(13)21-24/h2-3,6-7,10-12H,4-5,8-9H2,1H3/t12-/m0/s1. The maximum absolute atomic E-state index is 12.6. The van der Waals surface area contributed by atoms with Crippen LogP contribution in [0.15, 0.2) is 36.2 Å². The molecule has 2 aliphatic heterocycles. The van der Waals surface area contributed by atoms with Crippen LogP contribution >= 0.6 is 11.3 Å². The van der Waals surface area contributed by atoms with E-state index in [0.29, 0.717) is 12.2 Å². The Labute approximate surface area is 154 Å². The number of nitrogens with zero attached hydrogens (tertiary/aromatic N) is 6. The summed E-state index contributed by atoms with van der Waals surface area (Å²) in [4.78, 5) is 25.3. The van der Waals surface area contributed by atoms with E-state index in [1.165, 1.54) is 17.8 Å². The lowest BCUT2D eigenvalue weighted by atomic mass is 10.2. The van der Waals surface area contributed by atoms with Gasteiger partial charge in [-0.05, 0) is 24.5 Å². The van der Waals surface area contributed by atoms with Gasteiger partial charge in [-0.1, -0.05) is 6.92 Å². The maximum Gasteiger partial charge on any atom is 0.280 e. The number of pyridine rings is 1. The fourth-order valence-electron chi connectivity index (χ4n) is 3.57. The molecule has 0 aliphatic carbocycles. The molecule has 0 bridgehead atoms. The zero-order valence-corrected chi connectivity index (χ0v) is 15.2. The lowest BCUT2D eigenvalue weighted by Crippen LogP contribution is -2.23. The lowest BCUT2D eigenvalue weighted by Gasteiger charge is -2.17. The first kappa shape index (κ1) is 15.5. The van der Waals surface area contributed by atoms with Crippen LogP contribution in [0.4, 0.5) is 10.8 Å². The van der Waals surface area contributed by atoms with Gasteiger partial charge < -0.3 is 4.90 Å². The number of hydrogen-bond acceptors (Lipinski definition) is 6. The molecule has 0 unspecified atom stereocenters. The summed E-state index contributed by atoms with van der Waals surface area (Å²) in [5.41, 5.74) is 4.04. The van der Waals surface area contributed by atoms with Gasteiger partial charge in [-0.3, -0.25) is 14.7 Å². The monoisotopic (exact) mass is 366 g/mol. The number of carbonyl (C=O) groups is 1. The van der Waals surface area contributed by atoms with Crippen LogP contribution < -0.4 is 9.80 Å². The second kappa shape index (κ2) is 5.91. The summed E-state index contributed by atoms with van der Waals surface area (Å²) in [6.45, 7) is 4.93. The third-order valence-corrected chi connectivity index (χ3v) is 5.79. The van der Waals surface area contributed by atoms with Gasteiger partial charge in [0.15, 0.2) is 5.69 Å². The van der Waals surface area contributed by atoms with Crippen molar-refractivity contribution in [3.63, 3.8) is 0 Å². The number of anilines is 2. The van der Waals surface area contributed by atoms with Crippen molar-refractivity contribution in [1.82, 2.24) is 19.7 Å².